The van der Waals surface area contributed by atoms with E-state index in [0.717, 1.165) is 0 Å². The van der Waals surface area contributed by atoms with Crippen molar-refractivity contribution in [2.24, 2.45) is 5.73 Å². The van der Waals surface area contributed by atoms with Gasteiger partial charge in [0.25, 0.3) is 0 Å². The Hall–Kier alpha value is -2.16. The summed E-state index contributed by atoms with van der Waals surface area (Å²) < 4.78 is 0. The second-order valence-corrected chi connectivity index (χ2v) is 3.13. The summed E-state index contributed by atoms with van der Waals surface area (Å²) in [6, 6.07) is 3.49. The SMILES string of the molecule is Cc1cc(C#N)nc(N(C)CC(N)=O)n1. The molecule has 0 fully saturated rings. The van der Waals surface area contributed by atoms with Gasteiger partial charge >= 0.3 is 0 Å². The number of carbonyl (C=O) groups is 1. The quantitative estimate of drug-likeness (QED) is 0.722. The number of aromatic nitrogens is 2. The van der Waals surface area contributed by atoms with Crippen LogP contribution in [0.25, 0.3) is 0 Å². The van der Waals surface area contributed by atoms with Crippen LogP contribution in [0.1, 0.15) is 11.4 Å². The Kier molecular flexibility index (Phi) is 3.18. The Balaban J connectivity index is 2.99. The number of nitriles is 1. The van der Waals surface area contributed by atoms with E-state index in [2.05, 4.69) is 9.97 Å². The van der Waals surface area contributed by atoms with Gasteiger partial charge in [0.2, 0.25) is 11.9 Å². The molecule has 6 heteroatoms. The van der Waals surface area contributed by atoms with Crippen LogP contribution in [0.5, 0.6) is 0 Å². The highest BCUT2D eigenvalue weighted by molar-refractivity contribution is 5.78. The molecule has 1 aromatic rings. The van der Waals surface area contributed by atoms with Crippen LogP contribution >= 0.6 is 0 Å². The minimum Gasteiger partial charge on any atom is -0.368 e. The molecule has 0 spiro atoms. The summed E-state index contributed by atoms with van der Waals surface area (Å²) >= 11 is 0. The van der Waals surface area contributed by atoms with Crippen molar-refractivity contribution in [1.82, 2.24) is 9.97 Å². The van der Waals surface area contributed by atoms with Gasteiger partial charge < -0.3 is 10.6 Å². The van der Waals surface area contributed by atoms with Gasteiger partial charge in [-0.2, -0.15) is 5.26 Å². The van der Waals surface area contributed by atoms with Crippen LogP contribution in [-0.4, -0.2) is 29.5 Å². The normalized spacial score (nSPS) is 9.40. The van der Waals surface area contributed by atoms with E-state index in [1.165, 1.54) is 4.90 Å². The number of nitrogens with two attached hydrogens (primary N) is 1. The van der Waals surface area contributed by atoms with E-state index >= 15 is 0 Å². The van der Waals surface area contributed by atoms with Crippen molar-refractivity contribution in [3.8, 4) is 6.07 Å². The average molecular weight is 205 g/mol. The van der Waals surface area contributed by atoms with Crippen LogP contribution in [-0.2, 0) is 4.79 Å². The molecule has 2 N–H and O–H groups in total. The summed E-state index contributed by atoms with van der Waals surface area (Å²) in [5.74, 6) is -0.147. The summed E-state index contributed by atoms with van der Waals surface area (Å²) in [7, 11) is 1.64. The van der Waals surface area contributed by atoms with Crippen LogP contribution in [0.2, 0.25) is 0 Å². The van der Waals surface area contributed by atoms with Gasteiger partial charge in [0.15, 0.2) is 0 Å². The molecule has 0 aliphatic rings. The molecule has 1 aromatic heterocycles. The maximum atomic E-state index is 10.7. The molecular formula is C9H11N5O. The number of carbonyl (C=O) groups excluding carboxylic acids is 1. The van der Waals surface area contributed by atoms with Gasteiger partial charge in [-0.15, -0.1) is 0 Å². The molecule has 6 nitrogen and oxygen atoms in total. The fourth-order valence-corrected chi connectivity index (χ4v) is 1.09. The largest absolute Gasteiger partial charge is 0.368 e. The predicted molar refractivity (Wildman–Crippen MR) is 53.9 cm³/mol. The maximum Gasteiger partial charge on any atom is 0.237 e. The Bertz CT molecular complexity index is 423. The molecular weight excluding hydrogens is 194 g/mol. The minimum absolute atomic E-state index is 0.0221. The van der Waals surface area contributed by atoms with E-state index in [9.17, 15) is 4.79 Å². The number of anilines is 1. The van der Waals surface area contributed by atoms with Crippen molar-refractivity contribution >= 4 is 11.9 Å². The fraction of sp³-hybridized carbons (Fsp3) is 0.333. The first-order chi connectivity index (χ1) is 7.02. The molecule has 1 amide bonds. The number of likely N-dealkylation sites (N-methyl/N-ethyl adjacent to an activating group) is 1. The standard InChI is InChI=1S/C9H11N5O/c1-6-3-7(4-10)13-9(12-6)14(2)5-8(11)15/h3H,5H2,1-2H3,(H2,11,15). The topological polar surface area (TPSA) is 95.9 Å². The zero-order chi connectivity index (χ0) is 11.4. The molecule has 0 radical (unpaired) electrons. The molecule has 15 heavy (non-hydrogen) atoms. The van der Waals surface area contributed by atoms with Gasteiger partial charge in [0, 0.05) is 12.7 Å². The summed E-state index contributed by atoms with van der Waals surface area (Å²) in [5.41, 5.74) is 5.98. The highest BCUT2D eigenvalue weighted by atomic mass is 16.1. The van der Waals surface area contributed by atoms with Crippen LogP contribution in [0.4, 0.5) is 5.95 Å². The van der Waals surface area contributed by atoms with Gasteiger partial charge in [0.1, 0.15) is 11.8 Å². The van der Waals surface area contributed by atoms with Gasteiger partial charge in [0.05, 0.1) is 6.54 Å². The molecule has 0 unspecified atom stereocenters. The molecule has 0 saturated carbocycles. The molecule has 0 saturated heterocycles. The number of aryl methyl sites for hydroxylation is 1. The summed E-state index contributed by atoms with van der Waals surface area (Å²) in [5, 5.41) is 8.70. The zero-order valence-corrected chi connectivity index (χ0v) is 8.56. The third-order valence-corrected chi connectivity index (χ3v) is 1.69. The van der Waals surface area contributed by atoms with Crippen molar-refractivity contribution in [2.75, 3.05) is 18.5 Å². The third kappa shape index (κ3) is 2.91. The lowest BCUT2D eigenvalue weighted by atomic mass is 10.3. The van der Waals surface area contributed by atoms with Gasteiger partial charge in [-0.1, -0.05) is 0 Å². The number of hydrogen-bond acceptors (Lipinski definition) is 5. The zero-order valence-electron chi connectivity index (χ0n) is 8.56. The minimum atomic E-state index is -0.471. The van der Waals surface area contributed by atoms with E-state index in [-0.39, 0.29) is 12.2 Å². The number of rotatable bonds is 3. The number of nitrogens with zero attached hydrogens (tertiary/aromatic N) is 4. The van der Waals surface area contributed by atoms with E-state index in [1.54, 1.807) is 20.0 Å². The van der Waals surface area contributed by atoms with Crippen LogP contribution in [0.15, 0.2) is 6.07 Å². The van der Waals surface area contributed by atoms with Crippen molar-refractivity contribution in [3.05, 3.63) is 17.5 Å². The first kappa shape index (κ1) is 10.9. The molecule has 0 bridgehead atoms. The number of hydrogen-bond donors (Lipinski definition) is 1. The monoisotopic (exact) mass is 205 g/mol. The highest BCUT2D eigenvalue weighted by Gasteiger charge is 2.08. The lowest BCUT2D eigenvalue weighted by molar-refractivity contribution is -0.116. The van der Waals surface area contributed by atoms with Gasteiger partial charge in [-0.25, -0.2) is 9.97 Å². The molecule has 0 aromatic carbocycles. The average Bonchev–Trinajstić information content (AvgIpc) is 2.15. The second-order valence-electron chi connectivity index (χ2n) is 3.13. The predicted octanol–water partition coefficient (Wildman–Crippen LogP) is -0.422. The maximum absolute atomic E-state index is 10.7. The van der Waals surface area contributed by atoms with Crippen molar-refractivity contribution in [2.45, 2.75) is 6.92 Å². The van der Waals surface area contributed by atoms with Crippen LogP contribution < -0.4 is 10.6 Å². The van der Waals surface area contributed by atoms with Crippen molar-refractivity contribution < 1.29 is 4.79 Å². The van der Waals surface area contributed by atoms with Crippen LogP contribution in [0, 0.1) is 18.3 Å². The first-order valence-corrected chi connectivity index (χ1v) is 4.28. The Morgan fingerprint density at radius 3 is 2.87 bits per heavy atom. The fourth-order valence-electron chi connectivity index (χ4n) is 1.09. The number of amides is 1. The molecule has 0 aliphatic heterocycles. The molecule has 0 aliphatic carbocycles. The molecule has 0 atom stereocenters. The van der Waals surface area contributed by atoms with Crippen LogP contribution in [0.3, 0.4) is 0 Å². The van der Waals surface area contributed by atoms with Gasteiger partial charge in [-0.05, 0) is 13.0 Å². The van der Waals surface area contributed by atoms with E-state index in [1.807, 2.05) is 6.07 Å². The molecule has 1 rings (SSSR count). The molecule has 78 valence electrons. The second kappa shape index (κ2) is 4.37. The Morgan fingerprint density at radius 2 is 2.33 bits per heavy atom. The van der Waals surface area contributed by atoms with E-state index < -0.39 is 5.91 Å². The smallest absolute Gasteiger partial charge is 0.237 e. The van der Waals surface area contributed by atoms with E-state index in [4.69, 9.17) is 11.0 Å². The van der Waals surface area contributed by atoms with E-state index in [0.29, 0.717) is 11.6 Å². The summed E-state index contributed by atoms with van der Waals surface area (Å²) in [6.07, 6.45) is 0. The van der Waals surface area contributed by atoms with Gasteiger partial charge in [-0.3, -0.25) is 4.79 Å². The lowest BCUT2D eigenvalue weighted by Crippen LogP contribution is -2.31. The van der Waals surface area contributed by atoms with Crippen molar-refractivity contribution in [3.63, 3.8) is 0 Å². The summed E-state index contributed by atoms with van der Waals surface area (Å²) in [6.45, 7) is 1.78. The highest BCUT2D eigenvalue weighted by Crippen LogP contribution is 2.07. The Labute approximate surface area is 87.3 Å². The Morgan fingerprint density at radius 1 is 1.67 bits per heavy atom. The first-order valence-electron chi connectivity index (χ1n) is 4.28. The molecule has 1 heterocycles. The summed E-state index contributed by atoms with van der Waals surface area (Å²) in [4.78, 5) is 20.2. The van der Waals surface area contributed by atoms with Crippen molar-refractivity contribution in [1.29, 1.82) is 5.26 Å². The number of primary amides is 1. The third-order valence-electron chi connectivity index (χ3n) is 1.69. The lowest BCUT2D eigenvalue weighted by Gasteiger charge is -2.14.